The fourth-order valence-electron chi connectivity index (χ4n) is 3.36. The number of benzene rings is 1. The van der Waals surface area contributed by atoms with Crippen LogP contribution >= 0.6 is 11.8 Å². The molecule has 1 aliphatic rings. The van der Waals surface area contributed by atoms with Crippen molar-refractivity contribution in [2.75, 3.05) is 31.9 Å². The first-order valence-corrected chi connectivity index (χ1v) is 11.2. The molecule has 1 N–H and O–H groups in total. The van der Waals surface area contributed by atoms with Gasteiger partial charge in [0.1, 0.15) is 5.82 Å². The lowest BCUT2D eigenvalue weighted by molar-refractivity contribution is -0.113. The van der Waals surface area contributed by atoms with Gasteiger partial charge in [0.25, 0.3) is 0 Å². The summed E-state index contributed by atoms with van der Waals surface area (Å²) in [5.74, 6) is -0.709. The van der Waals surface area contributed by atoms with Crippen LogP contribution in [0.3, 0.4) is 0 Å². The van der Waals surface area contributed by atoms with E-state index in [9.17, 15) is 14.4 Å². The van der Waals surface area contributed by atoms with Crippen LogP contribution in [0.5, 0.6) is 0 Å². The first-order chi connectivity index (χ1) is 15.5. The molecule has 3 rings (SSSR count). The summed E-state index contributed by atoms with van der Waals surface area (Å²) in [6.07, 6.45) is 2.86. The largest absolute Gasteiger partial charge is 0.465 e. The van der Waals surface area contributed by atoms with Crippen LogP contribution in [0.4, 0.5) is 5.69 Å². The molecule has 0 aliphatic carbocycles. The highest BCUT2D eigenvalue weighted by molar-refractivity contribution is 7.99. The number of carbonyl (C=O) groups excluding carboxylic acids is 3. The van der Waals surface area contributed by atoms with Crippen LogP contribution in [-0.4, -0.2) is 65.3 Å². The summed E-state index contributed by atoms with van der Waals surface area (Å²) in [6.45, 7) is 3.40. The minimum atomic E-state index is -0.631. The Hall–Kier alpha value is -2.92. The van der Waals surface area contributed by atoms with Gasteiger partial charge in [-0.25, -0.2) is 9.59 Å². The number of hydrogen-bond acceptors (Lipinski definition) is 9. The number of nitrogens with one attached hydrogen (secondary N) is 1. The van der Waals surface area contributed by atoms with Crippen molar-refractivity contribution in [2.24, 2.45) is 0 Å². The van der Waals surface area contributed by atoms with Gasteiger partial charge in [0, 0.05) is 13.0 Å². The van der Waals surface area contributed by atoms with E-state index in [0.717, 1.165) is 31.7 Å². The van der Waals surface area contributed by atoms with Crippen molar-refractivity contribution in [1.29, 1.82) is 0 Å². The summed E-state index contributed by atoms with van der Waals surface area (Å²) in [5, 5.41) is 11.7. The molecule has 1 fully saturated rings. The van der Waals surface area contributed by atoms with Crippen LogP contribution in [0.2, 0.25) is 0 Å². The molecule has 1 saturated heterocycles. The zero-order valence-corrected chi connectivity index (χ0v) is 19.1. The molecule has 1 aromatic heterocycles. The van der Waals surface area contributed by atoms with Crippen molar-refractivity contribution in [3.63, 3.8) is 0 Å². The van der Waals surface area contributed by atoms with Crippen LogP contribution in [0.25, 0.3) is 0 Å². The van der Waals surface area contributed by atoms with Crippen molar-refractivity contribution in [1.82, 2.24) is 14.8 Å². The predicted molar refractivity (Wildman–Crippen MR) is 117 cm³/mol. The molecule has 1 atom stereocenters. The van der Waals surface area contributed by atoms with Crippen molar-refractivity contribution < 1.29 is 28.6 Å². The Kier molecular flexibility index (Phi) is 8.23. The van der Waals surface area contributed by atoms with Crippen LogP contribution in [-0.2, 0) is 32.0 Å². The highest BCUT2D eigenvalue weighted by Crippen LogP contribution is 2.23. The summed E-state index contributed by atoms with van der Waals surface area (Å²) >= 11 is 1.24. The molecule has 1 unspecified atom stereocenters. The fourth-order valence-corrected chi connectivity index (χ4v) is 4.13. The number of rotatable bonds is 9. The molecule has 10 nitrogen and oxygen atoms in total. The second-order valence-electron chi connectivity index (χ2n) is 7.08. The summed E-state index contributed by atoms with van der Waals surface area (Å²) < 4.78 is 17.2. The van der Waals surface area contributed by atoms with Crippen molar-refractivity contribution in [3.05, 3.63) is 35.2 Å². The lowest BCUT2D eigenvalue weighted by atomic mass is 10.1. The van der Waals surface area contributed by atoms with E-state index in [-0.39, 0.29) is 34.6 Å². The highest BCUT2D eigenvalue weighted by atomic mass is 32.2. The molecule has 32 heavy (non-hydrogen) atoms. The van der Waals surface area contributed by atoms with Crippen LogP contribution in [0.15, 0.2) is 23.4 Å². The van der Waals surface area contributed by atoms with E-state index in [1.807, 2.05) is 11.5 Å². The van der Waals surface area contributed by atoms with Gasteiger partial charge in [-0.05, 0) is 31.0 Å². The Bertz CT molecular complexity index is 987. The van der Waals surface area contributed by atoms with Gasteiger partial charge in [0.05, 0.1) is 49.4 Å². The normalized spacial score (nSPS) is 15.4. The van der Waals surface area contributed by atoms with E-state index in [1.165, 1.54) is 44.2 Å². The highest BCUT2D eigenvalue weighted by Gasteiger charge is 2.22. The third-order valence-electron chi connectivity index (χ3n) is 4.97. The average Bonchev–Trinajstić information content (AvgIpc) is 3.46. The van der Waals surface area contributed by atoms with E-state index in [0.29, 0.717) is 11.7 Å². The first-order valence-electron chi connectivity index (χ1n) is 10.2. The van der Waals surface area contributed by atoms with Gasteiger partial charge in [-0.3, -0.25) is 4.79 Å². The predicted octanol–water partition coefficient (Wildman–Crippen LogP) is 2.32. The van der Waals surface area contributed by atoms with E-state index < -0.39 is 11.9 Å². The van der Waals surface area contributed by atoms with Gasteiger partial charge in [0.2, 0.25) is 5.91 Å². The number of carbonyl (C=O) groups is 3. The van der Waals surface area contributed by atoms with E-state index in [4.69, 9.17) is 14.2 Å². The topological polar surface area (TPSA) is 122 Å². The van der Waals surface area contributed by atoms with Gasteiger partial charge in [0.15, 0.2) is 5.16 Å². The summed E-state index contributed by atoms with van der Waals surface area (Å²) in [5.41, 5.74) is 0.501. The molecule has 1 amide bonds. The monoisotopic (exact) mass is 462 g/mol. The molecule has 0 bridgehead atoms. The quantitative estimate of drug-likeness (QED) is 0.442. The van der Waals surface area contributed by atoms with E-state index >= 15 is 0 Å². The van der Waals surface area contributed by atoms with Crippen LogP contribution in [0, 0.1) is 0 Å². The van der Waals surface area contributed by atoms with Crippen LogP contribution < -0.4 is 5.32 Å². The third kappa shape index (κ3) is 5.65. The maximum atomic E-state index is 12.6. The minimum Gasteiger partial charge on any atom is -0.465 e. The number of hydrogen-bond donors (Lipinski definition) is 1. The Morgan fingerprint density at radius 3 is 2.66 bits per heavy atom. The van der Waals surface area contributed by atoms with Crippen molar-refractivity contribution in [3.8, 4) is 0 Å². The second-order valence-corrected chi connectivity index (χ2v) is 8.02. The van der Waals surface area contributed by atoms with Gasteiger partial charge in [-0.15, -0.1) is 10.2 Å². The van der Waals surface area contributed by atoms with Gasteiger partial charge in [-0.1, -0.05) is 18.7 Å². The van der Waals surface area contributed by atoms with E-state index in [2.05, 4.69) is 15.5 Å². The standard InChI is InChI=1S/C21H26N4O6S/c1-4-17-23-24-21(25(17)11-14-6-5-9-31-14)32-12-18(26)22-16-10-13(19(27)29-2)7-8-15(16)20(28)30-3/h7-8,10,14H,4-6,9,11-12H2,1-3H3,(H,22,26). The fraction of sp³-hybridized carbons (Fsp3) is 0.476. The number of aryl methyl sites for hydroxylation is 1. The third-order valence-corrected chi connectivity index (χ3v) is 5.94. The van der Waals surface area contributed by atoms with Crippen molar-refractivity contribution >= 4 is 35.3 Å². The molecular formula is C21H26N4O6S. The Morgan fingerprint density at radius 1 is 1.22 bits per heavy atom. The van der Waals surface area contributed by atoms with Gasteiger partial charge < -0.3 is 24.1 Å². The Balaban J connectivity index is 1.71. The van der Waals surface area contributed by atoms with E-state index in [1.54, 1.807) is 0 Å². The Labute approximate surface area is 190 Å². The molecule has 172 valence electrons. The number of ether oxygens (including phenoxy) is 3. The summed E-state index contributed by atoms with van der Waals surface area (Å²) in [7, 11) is 2.49. The Morgan fingerprint density at radius 2 is 2.00 bits per heavy atom. The van der Waals surface area contributed by atoms with Crippen molar-refractivity contribution in [2.45, 2.75) is 44.0 Å². The number of amides is 1. The summed E-state index contributed by atoms with van der Waals surface area (Å²) in [4.78, 5) is 36.6. The maximum absolute atomic E-state index is 12.6. The smallest absolute Gasteiger partial charge is 0.339 e. The number of nitrogens with zero attached hydrogens (tertiary/aromatic N) is 3. The molecule has 2 aromatic rings. The average molecular weight is 463 g/mol. The lowest BCUT2D eigenvalue weighted by Crippen LogP contribution is -2.20. The van der Waals surface area contributed by atoms with Gasteiger partial charge in [-0.2, -0.15) is 0 Å². The molecule has 2 heterocycles. The molecule has 0 saturated carbocycles. The zero-order chi connectivity index (χ0) is 23.1. The lowest BCUT2D eigenvalue weighted by Gasteiger charge is -2.14. The second kappa shape index (κ2) is 11.1. The molecule has 0 spiro atoms. The van der Waals surface area contributed by atoms with Crippen LogP contribution in [0.1, 0.15) is 46.3 Å². The first kappa shape index (κ1) is 23.7. The molecule has 1 aliphatic heterocycles. The number of anilines is 1. The zero-order valence-electron chi connectivity index (χ0n) is 18.3. The number of thioether (sulfide) groups is 1. The molecule has 1 aromatic carbocycles. The summed E-state index contributed by atoms with van der Waals surface area (Å²) in [6, 6.07) is 4.23. The maximum Gasteiger partial charge on any atom is 0.339 e. The number of aromatic nitrogens is 3. The molecular weight excluding hydrogens is 436 g/mol. The SMILES string of the molecule is CCc1nnc(SCC(=O)Nc2cc(C(=O)OC)ccc2C(=O)OC)n1CC1CCCO1. The van der Waals surface area contributed by atoms with Gasteiger partial charge >= 0.3 is 11.9 Å². The molecule has 0 radical (unpaired) electrons. The number of esters is 2. The number of methoxy groups -OCH3 is 2. The molecule has 11 heteroatoms. The minimum absolute atomic E-state index is 0.0381.